The van der Waals surface area contributed by atoms with Gasteiger partial charge in [-0.15, -0.1) is 0 Å². The molecule has 118 valence electrons. The van der Waals surface area contributed by atoms with E-state index in [0.29, 0.717) is 16.8 Å². The predicted molar refractivity (Wildman–Crippen MR) is 90.3 cm³/mol. The fraction of sp³-hybridized carbons (Fsp3) is 0.0667. The van der Waals surface area contributed by atoms with Gasteiger partial charge in [-0.1, -0.05) is 44.3 Å². The van der Waals surface area contributed by atoms with E-state index in [9.17, 15) is 4.79 Å². The first-order valence-corrected chi connectivity index (χ1v) is 7.90. The normalized spacial score (nSPS) is 10.9. The third-order valence-electron chi connectivity index (χ3n) is 3.09. The minimum atomic E-state index is -1.10. The summed E-state index contributed by atoms with van der Waals surface area (Å²) >= 11 is 15.8. The van der Waals surface area contributed by atoms with Gasteiger partial charge in [0.15, 0.2) is 12.2 Å². The Bertz CT molecular complexity index is 910. The highest BCUT2D eigenvalue weighted by atomic mass is 79.9. The number of carbonyl (C=O) groups is 1. The van der Waals surface area contributed by atoms with Crippen LogP contribution in [0, 0.1) is 0 Å². The third kappa shape index (κ3) is 3.15. The molecular weight excluding hydrogens is 409 g/mol. The molecule has 1 heterocycles. The molecule has 0 radical (unpaired) electrons. The van der Waals surface area contributed by atoms with E-state index in [1.807, 2.05) is 12.1 Å². The fourth-order valence-corrected chi connectivity index (χ4v) is 2.88. The summed E-state index contributed by atoms with van der Waals surface area (Å²) in [5, 5.41) is 13.8. The lowest BCUT2D eigenvalue weighted by Gasteiger charge is -2.09. The van der Waals surface area contributed by atoms with Crippen LogP contribution in [0.5, 0.6) is 5.75 Å². The van der Waals surface area contributed by atoms with Gasteiger partial charge in [0.2, 0.25) is 0 Å². The van der Waals surface area contributed by atoms with Gasteiger partial charge in [-0.3, -0.25) is 0 Å². The second kappa shape index (κ2) is 6.39. The summed E-state index contributed by atoms with van der Waals surface area (Å²) in [4.78, 5) is 10.6. The highest BCUT2D eigenvalue weighted by molar-refractivity contribution is 9.10. The van der Waals surface area contributed by atoms with E-state index in [2.05, 4.69) is 21.1 Å². The monoisotopic (exact) mass is 415 g/mol. The van der Waals surface area contributed by atoms with Gasteiger partial charge in [0.1, 0.15) is 16.5 Å². The second-order valence-corrected chi connectivity index (χ2v) is 6.26. The fourth-order valence-electron chi connectivity index (χ4n) is 2.07. The number of hydrogen-bond acceptors (Lipinski definition) is 4. The van der Waals surface area contributed by atoms with Crippen LogP contribution in [0.2, 0.25) is 10.0 Å². The van der Waals surface area contributed by atoms with E-state index in [4.69, 9.17) is 37.6 Å². The van der Waals surface area contributed by atoms with Gasteiger partial charge in [-0.25, -0.2) is 4.79 Å². The first kappa shape index (κ1) is 16.1. The summed E-state index contributed by atoms with van der Waals surface area (Å²) in [5.41, 5.74) is 1.72. The third-order valence-corrected chi connectivity index (χ3v) is 4.45. The molecule has 5 nitrogen and oxygen atoms in total. The molecule has 0 aliphatic carbocycles. The SMILES string of the molecule is O=C(O)COc1ccc(-c2noc3cc(Br)ccc23)c(Cl)c1Cl. The van der Waals surface area contributed by atoms with Crippen molar-refractivity contribution in [1.29, 1.82) is 0 Å². The Morgan fingerprint density at radius 2 is 2.04 bits per heavy atom. The van der Waals surface area contributed by atoms with Crippen LogP contribution in [0.15, 0.2) is 39.3 Å². The van der Waals surface area contributed by atoms with Gasteiger partial charge in [0.25, 0.3) is 0 Å². The first-order valence-electron chi connectivity index (χ1n) is 6.35. The second-order valence-electron chi connectivity index (χ2n) is 4.59. The highest BCUT2D eigenvalue weighted by Crippen LogP contribution is 2.41. The average Bonchev–Trinajstić information content (AvgIpc) is 2.91. The van der Waals surface area contributed by atoms with Crippen molar-refractivity contribution in [2.75, 3.05) is 6.61 Å². The van der Waals surface area contributed by atoms with E-state index in [0.717, 1.165) is 9.86 Å². The van der Waals surface area contributed by atoms with Crippen molar-refractivity contribution in [2.45, 2.75) is 0 Å². The molecule has 23 heavy (non-hydrogen) atoms. The van der Waals surface area contributed by atoms with E-state index in [1.165, 1.54) is 0 Å². The van der Waals surface area contributed by atoms with E-state index < -0.39 is 12.6 Å². The smallest absolute Gasteiger partial charge is 0.341 e. The number of aromatic nitrogens is 1. The van der Waals surface area contributed by atoms with Crippen LogP contribution in [0.3, 0.4) is 0 Å². The molecule has 2 aromatic carbocycles. The maximum absolute atomic E-state index is 10.6. The molecule has 0 fully saturated rings. The summed E-state index contributed by atoms with van der Waals surface area (Å²) in [5.74, 6) is -0.910. The molecule has 0 atom stereocenters. The van der Waals surface area contributed by atoms with Crippen LogP contribution < -0.4 is 4.74 Å². The van der Waals surface area contributed by atoms with E-state index in [-0.39, 0.29) is 15.8 Å². The highest BCUT2D eigenvalue weighted by Gasteiger charge is 2.18. The van der Waals surface area contributed by atoms with Crippen molar-refractivity contribution < 1.29 is 19.2 Å². The van der Waals surface area contributed by atoms with Crippen molar-refractivity contribution in [3.63, 3.8) is 0 Å². The molecule has 0 bridgehead atoms. The van der Waals surface area contributed by atoms with Crippen molar-refractivity contribution in [2.24, 2.45) is 0 Å². The molecule has 0 saturated heterocycles. The molecule has 0 saturated carbocycles. The van der Waals surface area contributed by atoms with Gasteiger partial charge in [0, 0.05) is 15.4 Å². The Morgan fingerprint density at radius 1 is 1.26 bits per heavy atom. The topological polar surface area (TPSA) is 72.6 Å². The molecule has 0 amide bonds. The van der Waals surface area contributed by atoms with Gasteiger partial charge < -0.3 is 14.4 Å². The average molecular weight is 417 g/mol. The number of benzene rings is 2. The van der Waals surface area contributed by atoms with Crippen molar-refractivity contribution in [1.82, 2.24) is 5.16 Å². The zero-order chi connectivity index (χ0) is 16.6. The lowest BCUT2D eigenvalue weighted by atomic mass is 10.1. The summed E-state index contributed by atoms with van der Waals surface area (Å²) in [6.45, 7) is -0.504. The van der Waals surface area contributed by atoms with Crippen LogP contribution in [0.1, 0.15) is 0 Å². The molecule has 0 aliphatic rings. The molecule has 0 unspecified atom stereocenters. The van der Waals surface area contributed by atoms with Crippen molar-refractivity contribution in [3.05, 3.63) is 44.8 Å². The van der Waals surface area contributed by atoms with Gasteiger partial charge in [-0.05, 0) is 30.3 Å². The molecule has 1 N–H and O–H groups in total. The first-order chi connectivity index (χ1) is 11.0. The number of fused-ring (bicyclic) bond motifs is 1. The predicted octanol–water partition coefficient (Wildman–Crippen LogP) is 5.03. The molecule has 8 heteroatoms. The van der Waals surface area contributed by atoms with Gasteiger partial charge in [0.05, 0.1) is 5.02 Å². The number of ether oxygens (including phenoxy) is 1. The number of carboxylic acids is 1. The lowest BCUT2D eigenvalue weighted by Crippen LogP contribution is -2.09. The molecule has 0 aliphatic heterocycles. The van der Waals surface area contributed by atoms with Crippen LogP contribution in [-0.2, 0) is 4.79 Å². The van der Waals surface area contributed by atoms with Crippen LogP contribution in [0.25, 0.3) is 22.2 Å². The number of carboxylic acid groups (broad SMARTS) is 1. The number of halogens is 3. The number of nitrogens with zero attached hydrogens (tertiary/aromatic N) is 1. The Morgan fingerprint density at radius 3 is 2.78 bits per heavy atom. The summed E-state index contributed by atoms with van der Waals surface area (Å²) in [6.07, 6.45) is 0. The zero-order valence-corrected chi connectivity index (χ0v) is 14.4. The molecular formula is C15H8BrCl2NO4. The van der Waals surface area contributed by atoms with Crippen LogP contribution >= 0.6 is 39.1 Å². The molecule has 1 aromatic heterocycles. The molecule has 3 rings (SSSR count). The Balaban J connectivity index is 2.05. The minimum Gasteiger partial charge on any atom is -0.480 e. The standard InChI is InChI=1S/C15H8BrCl2NO4/c16-7-1-2-8-11(5-7)23-19-15(8)9-3-4-10(14(18)13(9)17)22-6-12(20)21/h1-5H,6H2,(H,20,21). The largest absolute Gasteiger partial charge is 0.480 e. The maximum Gasteiger partial charge on any atom is 0.341 e. The zero-order valence-electron chi connectivity index (χ0n) is 11.3. The van der Waals surface area contributed by atoms with Gasteiger partial charge in [-0.2, -0.15) is 0 Å². The summed E-state index contributed by atoms with van der Waals surface area (Å²) in [7, 11) is 0. The number of aliphatic carboxylic acids is 1. The number of hydrogen-bond donors (Lipinski definition) is 1. The Labute approximate surface area is 148 Å². The Hall–Kier alpha value is -1.76. The Kier molecular flexibility index (Phi) is 4.48. The summed E-state index contributed by atoms with van der Waals surface area (Å²) in [6, 6.07) is 8.72. The van der Waals surface area contributed by atoms with E-state index in [1.54, 1.807) is 18.2 Å². The molecule has 0 spiro atoms. The van der Waals surface area contributed by atoms with Crippen LogP contribution in [-0.4, -0.2) is 22.8 Å². The molecule has 3 aromatic rings. The number of rotatable bonds is 4. The minimum absolute atomic E-state index is 0.124. The van der Waals surface area contributed by atoms with Gasteiger partial charge >= 0.3 is 5.97 Å². The van der Waals surface area contributed by atoms with Crippen molar-refractivity contribution >= 4 is 56.1 Å². The van der Waals surface area contributed by atoms with E-state index >= 15 is 0 Å². The lowest BCUT2D eigenvalue weighted by molar-refractivity contribution is -0.139. The van der Waals surface area contributed by atoms with Crippen molar-refractivity contribution in [3.8, 4) is 17.0 Å². The van der Waals surface area contributed by atoms with Crippen LogP contribution in [0.4, 0.5) is 0 Å². The quantitative estimate of drug-likeness (QED) is 0.645. The summed E-state index contributed by atoms with van der Waals surface area (Å²) < 4.78 is 11.3. The maximum atomic E-state index is 10.6.